The highest BCUT2D eigenvalue weighted by Crippen LogP contribution is 2.14. The van der Waals surface area contributed by atoms with E-state index in [2.05, 4.69) is 10.3 Å². The van der Waals surface area contributed by atoms with Crippen LogP contribution in [0, 0.1) is 0 Å². The summed E-state index contributed by atoms with van der Waals surface area (Å²) in [6, 6.07) is 12.8. The quantitative estimate of drug-likeness (QED) is 0.748. The van der Waals surface area contributed by atoms with Crippen molar-refractivity contribution >= 4 is 5.69 Å². The Balaban J connectivity index is 1.96. The summed E-state index contributed by atoms with van der Waals surface area (Å²) in [7, 11) is 0. The third kappa shape index (κ3) is 2.71. The van der Waals surface area contributed by atoms with Crippen molar-refractivity contribution in [3.8, 4) is 5.75 Å². The van der Waals surface area contributed by atoms with Crippen molar-refractivity contribution in [3.63, 3.8) is 0 Å². The lowest BCUT2D eigenvalue weighted by Gasteiger charge is -2.05. The molecule has 0 aliphatic rings. The highest BCUT2D eigenvalue weighted by molar-refractivity contribution is 5.46. The molecule has 2 aromatic rings. The van der Waals surface area contributed by atoms with Crippen molar-refractivity contribution < 1.29 is 5.11 Å². The molecule has 15 heavy (non-hydrogen) atoms. The smallest absolute Gasteiger partial charge is 0.115 e. The molecule has 2 rings (SSSR count). The molecule has 0 aliphatic carbocycles. The van der Waals surface area contributed by atoms with Gasteiger partial charge in [0.15, 0.2) is 0 Å². The number of aromatic nitrogens is 1. The van der Waals surface area contributed by atoms with E-state index >= 15 is 0 Å². The molecule has 76 valence electrons. The van der Waals surface area contributed by atoms with Crippen molar-refractivity contribution in [2.75, 3.05) is 5.32 Å². The topological polar surface area (TPSA) is 45.1 Å². The average Bonchev–Trinajstić information content (AvgIpc) is 2.30. The lowest BCUT2D eigenvalue weighted by atomic mass is 10.3. The minimum absolute atomic E-state index is 0.276. The van der Waals surface area contributed by atoms with Gasteiger partial charge in [-0.1, -0.05) is 6.07 Å². The number of phenolic OH excluding ortho intramolecular Hbond substituents is 1. The van der Waals surface area contributed by atoms with Crippen LogP contribution in [0.25, 0.3) is 0 Å². The van der Waals surface area contributed by atoms with Gasteiger partial charge in [0.2, 0.25) is 0 Å². The molecule has 0 radical (unpaired) electrons. The number of nitrogens with zero attached hydrogens (tertiary/aromatic N) is 1. The van der Waals surface area contributed by atoms with E-state index < -0.39 is 0 Å². The zero-order valence-corrected chi connectivity index (χ0v) is 8.22. The van der Waals surface area contributed by atoms with Gasteiger partial charge in [-0.2, -0.15) is 0 Å². The van der Waals surface area contributed by atoms with E-state index in [1.807, 2.05) is 30.3 Å². The fourth-order valence-corrected chi connectivity index (χ4v) is 1.27. The first-order valence-corrected chi connectivity index (χ1v) is 4.77. The van der Waals surface area contributed by atoms with Crippen LogP contribution in [0.2, 0.25) is 0 Å². The van der Waals surface area contributed by atoms with Crippen molar-refractivity contribution in [2.24, 2.45) is 0 Å². The first-order chi connectivity index (χ1) is 7.34. The summed E-state index contributed by atoms with van der Waals surface area (Å²) < 4.78 is 0. The predicted molar refractivity (Wildman–Crippen MR) is 59.7 cm³/mol. The molecule has 0 fully saturated rings. The number of benzene rings is 1. The monoisotopic (exact) mass is 200 g/mol. The molecule has 0 spiro atoms. The van der Waals surface area contributed by atoms with Gasteiger partial charge in [0, 0.05) is 11.9 Å². The molecule has 1 aromatic heterocycles. The molecular formula is C12H12N2O. The van der Waals surface area contributed by atoms with Crippen LogP contribution in [0.5, 0.6) is 5.75 Å². The first-order valence-electron chi connectivity index (χ1n) is 4.77. The molecule has 0 saturated heterocycles. The molecule has 1 heterocycles. The van der Waals surface area contributed by atoms with Gasteiger partial charge in [-0.25, -0.2) is 0 Å². The number of anilines is 1. The number of pyridine rings is 1. The molecule has 0 amide bonds. The van der Waals surface area contributed by atoms with Gasteiger partial charge in [0.25, 0.3) is 0 Å². The molecule has 3 heteroatoms. The van der Waals surface area contributed by atoms with Crippen LogP contribution in [-0.2, 0) is 6.54 Å². The third-order valence-corrected chi connectivity index (χ3v) is 2.07. The molecule has 2 N–H and O–H groups in total. The SMILES string of the molecule is Oc1ccc(NCc2ccccn2)cc1. The van der Waals surface area contributed by atoms with E-state index in [-0.39, 0.29) is 5.75 Å². The summed E-state index contributed by atoms with van der Waals surface area (Å²) in [6.07, 6.45) is 1.77. The van der Waals surface area contributed by atoms with Crippen LogP contribution in [0.4, 0.5) is 5.69 Å². The summed E-state index contributed by atoms with van der Waals surface area (Å²) in [4.78, 5) is 4.20. The fraction of sp³-hybridized carbons (Fsp3) is 0.0833. The van der Waals surface area contributed by atoms with E-state index in [1.54, 1.807) is 18.3 Å². The average molecular weight is 200 g/mol. The van der Waals surface area contributed by atoms with Gasteiger partial charge in [-0.3, -0.25) is 4.98 Å². The Labute approximate surface area is 88.4 Å². The van der Waals surface area contributed by atoms with Gasteiger partial charge >= 0.3 is 0 Å². The Morgan fingerprint density at radius 2 is 1.87 bits per heavy atom. The van der Waals surface area contributed by atoms with Gasteiger partial charge in [-0.05, 0) is 36.4 Å². The number of rotatable bonds is 3. The highest BCUT2D eigenvalue weighted by atomic mass is 16.3. The Kier molecular flexibility index (Phi) is 2.83. The summed E-state index contributed by atoms with van der Waals surface area (Å²) in [5.74, 6) is 0.276. The van der Waals surface area contributed by atoms with Crippen LogP contribution < -0.4 is 5.32 Å². The lowest BCUT2D eigenvalue weighted by Crippen LogP contribution is -2.00. The summed E-state index contributed by atoms with van der Waals surface area (Å²) in [5.41, 5.74) is 1.96. The zero-order chi connectivity index (χ0) is 10.5. The third-order valence-electron chi connectivity index (χ3n) is 2.07. The van der Waals surface area contributed by atoms with Crippen LogP contribution in [0.15, 0.2) is 48.7 Å². The minimum atomic E-state index is 0.276. The molecule has 0 unspecified atom stereocenters. The second-order valence-electron chi connectivity index (χ2n) is 3.22. The molecule has 1 aromatic carbocycles. The summed E-state index contributed by atoms with van der Waals surface area (Å²) >= 11 is 0. The minimum Gasteiger partial charge on any atom is -0.508 e. The maximum atomic E-state index is 9.10. The first kappa shape index (κ1) is 9.52. The van der Waals surface area contributed by atoms with E-state index in [0.29, 0.717) is 6.54 Å². The molecule has 3 nitrogen and oxygen atoms in total. The van der Waals surface area contributed by atoms with Gasteiger partial charge in [-0.15, -0.1) is 0 Å². The Morgan fingerprint density at radius 3 is 2.53 bits per heavy atom. The maximum absolute atomic E-state index is 9.10. The van der Waals surface area contributed by atoms with Crippen molar-refractivity contribution in [1.29, 1.82) is 0 Å². The van der Waals surface area contributed by atoms with Crippen LogP contribution in [0.1, 0.15) is 5.69 Å². The zero-order valence-electron chi connectivity index (χ0n) is 8.22. The number of phenols is 1. The van der Waals surface area contributed by atoms with E-state index in [4.69, 9.17) is 5.11 Å². The number of aromatic hydroxyl groups is 1. The normalized spacial score (nSPS) is 9.87. The van der Waals surface area contributed by atoms with Crippen LogP contribution >= 0.6 is 0 Å². The van der Waals surface area contributed by atoms with Crippen LogP contribution in [-0.4, -0.2) is 10.1 Å². The van der Waals surface area contributed by atoms with Gasteiger partial charge in [0.1, 0.15) is 5.75 Å². The van der Waals surface area contributed by atoms with Gasteiger partial charge in [0.05, 0.1) is 12.2 Å². The largest absolute Gasteiger partial charge is 0.508 e. The maximum Gasteiger partial charge on any atom is 0.115 e. The van der Waals surface area contributed by atoms with Crippen molar-refractivity contribution in [1.82, 2.24) is 4.98 Å². The van der Waals surface area contributed by atoms with Crippen molar-refractivity contribution in [2.45, 2.75) is 6.54 Å². The van der Waals surface area contributed by atoms with E-state index in [1.165, 1.54) is 0 Å². The predicted octanol–water partition coefficient (Wildman–Crippen LogP) is 2.40. The summed E-state index contributed by atoms with van der Waals surface area (Å²) in [5, 5.41) is 12.3. The van der Waals surface area contributed by atoms with E-state index in [0.717, 1.165) is 11.4 Å². The molecule has 0 bridgehead atoms. The Hall–Kier alpha value is -2.03. The molecule has 0 saturated carbocycles. The fourth-order valence-electron chi connectivity index (χ4n) is 1.27. The number of hydrogen-bond acceptors (Lipinski definition) is 3. The highest BCUT2D eigenvalue weighted by Gasteiger charge is 1.94. The second kappa shape index (κ2) is 4.46. The Morgan fingerprint density at radius 1 is 1.07 bits per heavy atom. The van der Waals surface area contributed by atoms with Crippen molar-refractivity contribution in [3.05, 3.63) is 54.4 Å². The number of nitrogens with one attached hydrogen (secondary N) is 1. The number of hydrogen-bond donors (Lipinski definition) is 2. The van der Waals surface area contributed by atoms with Gasteiger partial charge < -0.3 is 10.4 Å². The Bertz CT molecular complexity index is 411. The van der Waals surface area contributed by atoms with E-state index in [9.17, 15) is 0 Å². The lowest BCUT2D eigenvalue weighted by molar-refractivity contribution is 0.475. The molecule has 0 atom stereocenters. The van der Waals surface area contributed by atoms with Crippen LogP contribution in [0.3, 0.4) is 0 Å². The summed E-state index contributed by atoms with van der Waals surface area (Å²) in [6.45, 7) is 0.686. The standard InChI is InChI=1S/C12H12N2O/c15-12-6-4-10(5-7-12)14-9-11-3-1-2-8-13-11/h1-8,14-15H,9H2. The second-order valence-corrected chi connectivity index (χ2v) is 3.22. The molecule has 0 aliphatic heterocycles. The molecular weight excluding hydrogens is 188 g/mol.